The van der Waals surface area contributed by atoms with Gasteiger partial charge in [-0.05, 0) is 12.8 Å². The van der Waals surface area contributed by atoms with Crippen molar-refractivity contribution in [1.29, 1.82) is 0 Å². The maximum Gasteiger partial charge on any atom is 0.143 e. The van der Waals surface area contributed by atoms with E-state index in [0.717, 1.165) is 19.3 Å². The SMILES string of the molecule is O=C1CCCCCC1(CO)CO. The monoisotopic (exact) mass is 172 g/mol. The number of aliphatic hydroxyl groups excluding tert-OH is 2. The number of hydrogen-bond donors (Lipinski definition) is 2. The minimum Gasteiger partial charge on any atom is -0.395 e. The van der Waals surface area contributed by atoms with Crippen LogP contribution in [0.25, 0.3) is 0 Å². The van der Waals surface area contributed by atoms with Crippen LogP contribution in [0.15, 0.2) is 0 Å². The van der Waals surface area contributed by atoms with Crippen molar-refractivity contribution in [2.24, 2.45) is 5.41 Å². The Balaban J connectivity index is 2.73. The fraction of sp³-hybridized carbons (Fsp3) is 0.889. The maximum absolute atomic E-state index is 11.5. The average Bonchev–Trinajstić information content (AvgIpc) is 2.28. The predicted octanol–water partition coefficient (Wildman–Crippen LogP) is 0.491. The molecule has 0 heterocycles. The Bertz CT molecular complexity index is 161. The van der Waals surface area contributed by atoms with Crippen LogP contribution in [-0.4, -0.2) is 29.2 Å². The van der Waals surface area contributed by atoms with Crippen molar-refractivity contribution in [2.45, 2.75) is 32.1 Å². The van der Waals surface area contributed by atoms with Gasteiger partial charge in [-0.1, -0.05) is 12.8 Å². The van der Waals surface area contributed by atoms with E-state index in [1.54, 1.807) is 0 Å². The van der Waals surface area contributed by atoms with Gasteiger partial charge in [0.15, 0.2) is 0 Å². The van der Waals surface area contributed by atoms with Gasteiger partial charge in [0.05, 0.1) is 18.6 Å². The summed E-state index contributed by atoms with van der Waals surface area (Å²) in [5, 5.41) is 18.1. The lowest BCUT2D eigenvalue weighted by molar-refractivity contribution is -0.133. The van der Waals surface area contributed by atoms with Gasteiger partial charge in [0.2, 0.25) is 0 Å². The van der Waals surface area contributed by atoms with Gasteiger partial charge >= 0.3 is 0 Å². The zero-order valence-corrected chi connectivity index (χ0v) is 7.25. The van der Waals surface area contributed by atoms with E-state index in [1.165, 1.54) is 0 Å². The summed E-state index contributed by atoms with van der Waals surface area (Å²) in [7, 11) is 0. The van der Waals surface area contributed by atoms with Crippen LogP contribution in [0, 0.1) is 5.41 Å². The van der Waals surface area contributed by atoms with Crippen LogP contribution in [0.1, 0.15) is 32.1 Å². The Morgan fingerprint density at radius 2 is 1.83 bits per heavy atom. The highest BCUT2D eigenvalue weighted by atomic mass is 16.3. The molecule has 0 aromatic heterocycles. The Morgan fingerprint density at radius 1 is 1.17 bits per heavy atom. The zero-order chi connectivity index (χ0) is 9.03. The lowest BCUT2D eigenvalue weighted by Crippen LogP contribution is -2.37. The molecule has 0 aliphatic heterocycles. The van der Waals surface area contributed by atoms with Crippen molar-refractivity contribution in [3.8, 4) is 0 Å². The van der Waals surface area contributed by atoms with Crippen molar-refractivity contribution in [2.75, 3.05) is 13.2 Å². The van der Waals surface area contributed by atoms with Gasteiger partial charge in [-0.3, -0.25) is 4.79 Å². The van der Waals surface area contributed by atoms with Crippen molar-refractivity contribution in [3.63, 3.8) is 0 Å². The molecule has 0 unspecified atom stereocenters. The lowest BCUT2D eigenvalue weighted by Gasteiger charge is -2.25. The molecule has 2 N–H and O–H groups in total. The van der Waals surface area contributed by atoms with Gasteiger partial charge < -0.3 is 10.2 Å². The quantitative estimate of drug-likeness (QED) is 0.596. The second kappa shape index (κ2) is 4.01. The lowest BCUT2D eigenvalue weighted by atomic mass is 9.81. The molecule has 12 heavy (non-hydrogen) atoms. The predicted molar refractivity (Wildman–Crippen MR) is 44.7 cm³/mol. The van der Waals surface area contributed by atoms with Crippen molar-refractivity contribution >= 4 is 5.78 Å². The molecule has 1 saturated carbocycles. The minimum absolute atomic E-state index is 0.0324. The van der Waals surface area contributed by atoms with Gasteiger partial charge in [0.25, 0.3) is 0 Å². The Hall–Kier alpha value is -0.410. The van der Waals surface area contributed by atoms with Crippen LogP contribution in [0.4, 0.5) is 0 Å². The summed E-state index contributed by atoms with van der Waals surface area (Å²) in [5.41, 5.74) is -0.823. The largest absolute Gasteiger partial charge is 0.395 e. The fourth-order valence-corrected chi connectivity index (χ4v) is 1.71. The van der Waals surface area contributed by atoms with Crippen molar-refractivity contribution in [3.05, 3.63) is 0 Å². The summed E-state index contributed by atoms with van der Waals surface area (Å²) < 4.78 is 0. The first-order chi connectivity index (χ1) is 5.75. The summed E-state index contributed by atoms with van der Waals surface area (Å²) >= 11 is 0. The van der Waals surface area contributed by atoms with E-state index >= 15 is 0 Å². The van der Waals surface area contributed by atoms with E-state index in [0.29, 0.717) is 12.8 Å². The molecule has 1 rings (SSSR count). The normalized spacial score (nSPS) is 23.7. The maximum atomic E-state index is 11.5. The molecule has 0 bridgehead atoms. The van der Waals surface area contributed by atoms with Gasteiger partial charge in [0.1, 0.15) is 5.78 Å². The van der Waals surface area contributed by atoms with Crippen LogP contribution < -0.4 is 0 Å². The molecule has 0 amide bonds. The smallest absolute Gasteiger partial charge is 0.143 e. The van der Waals surface area contributed by atoms with Crippen LogP contribution >= 0.6 is 0 Å². The van der Waals surface area contributed by atoms with Crippen molar-refractivity contribution < 1.29 is 15.0 Å². The summed E-state index contributed by atoms with van der Waals surface area (Å²) in [6.45, 7) is -0.412. The highest BCUT2D eigenvalue weighted by molar-refractivity contribution is 5.85. The number of ketones is 1. The first kappa shape index (κ1) is 9.68. The second-order valence-corrected chi connectivity index (χ2v) is 3.58. The Morgan fingerprint density at radius 3 is 2.42 bits per heavy atom. The highest BCUT2D eigenvalue weighted by Gasteiger charge is 2.37. The van der Waals surface area contributed by atoms with Gasteiger partial charge in [-0.2, -0.15) is 0 Å². The molecule has 0 saturated heterocycles. The molecular formula is C9H16O3. The minimum atomic E-state index is -0.823. The van der Waals surface area contributed by atoms with Gasteiger partial charge in [0, 0.05) is 6.42 Å². The average molecular weight is 172 g/mol. The third-order valence-electron chi connectivity index (χ3n) is 2.76. The van der Waals surface area contributed by atoms with Crippen molar-refractivity contribution in [1.82, 2.24) is 0 Å². The molecule has 3 nitrogen and oxygen atoms in total. The summed E-state index contributed by atoms with van der Waals surface area (Å²) in [5.74, 6) is 0.0324. The zero-order valence-electron chi connectivity index (χ0n) is 7.25. The van der Waals surface area contributed by atoms with E-state index in [1.807, 2.05) is 0 Å². The second-order valence-electron chi connectivity index (χ2n) is 3.58. The Labute approximate surface area is 72.4 Å². The molecule has 0 radical (unpaired) electrons. The van der Waals surface area contributed by atoms with Crippen LogP contribution in [0.2, 0.25) is 0 Å². The number of aliphatic hydroxyl groups is 2. The molecule has 1 aliphatic carbocycles. The van der Waals surface area contributed by atoms with Gasteiger partial charge in [-0.25, -0.2) is 0 Å². The third-order valence-corrected chi connectivity index (χ3v) is 2.76. The molecule has 1 fully saturated rings. The standard InChI is InChI=1S/C9H16O3/c10-6-9(7-11)5-3-1-2-4-8(9)12/h10-11H,1-7H2. The highest BCUT2D eigenvalue weighted by Crippen LogP contribution is 2.30. The van der Waals surface area contributed by atoms with Crippen LogP contribution in [0.3, 0.4) is 0 Å². The summed E-state index contributed by atoms with van der Waals surface area (Å²) in [6, 6.07) is 0. The first-order valence-electron chi connectivity index (χ1n) is 4.50. The molecule has 3 heteroatoms. The molecule has 0 aromatic rings. The van der Waals surface area contributed by atoms with E-state index in [4.69, 9.17) is 10.2 Å². The summed E-state index contributed by atoms with van der Waals surface area (Å²) in [6.07, 6.45) is 4.03. The van der Waals surface area contributed by atoms with E-state index in [-0.39, 0.29) is 19.0 Å². The van der Waals surface area contributed by atoms with E-state index < -0.39 is 5.41 Å². The first-order valence-corrected chi connectivity index (χ1v) is 4.50. The van der Waals surface area contributed by atoms with E-state index in [9.17, 15) is 4.79 Å². The van der Waals surface area contributed by atoms with Crippen LogP contribution in [-0.2, 0) is 4.79 Å². The molecule has 0 spiro atoms. The molecule has 70 valence electrons. The fourth-order valence-electron chi connectivity index (χ4n) is 1.71. The Kier molecular flexibility index (Phi) is 3.23. The number of carbonyl (C=O) groups excluding carboxylic acids is 1. The molecule has 0 aromatic carbocycles. The number of hydrogen-bond acceptors (Lipinski definition) is 3. The van der Waals surface area contributed by atoms with Gasteiger partial charge in [-0.15, -0.1) is 0 Å². The molecule has 0 atom stereocenters. The molecular weight excluding hydrogens is 156 g/mol. The number of rotatable bonds is 2. The third kappa shape index (κ3) is 1.67. The number of Topliss-reactive ketones (excluding diaryl/α,β-unsaturated/α-hetero) is 1. The molecule has 1 aliphatic rings. The topological polar surface area (TPSA) is 57.5 Å². The summed E-state index contributed by atoms with van der Waals surface area (Å²) in [4.78, 5) is 11.5. The van der Waals surface area contributed by atoms with E-state index in [2.05, 4.69) is 0 Å². The van der Waals surface area contributed by atoms with Crippen LogP contribution in [0.5, 0.6) is 0 Å². The number of carbonyl (C=O) groups is 1.